The maximum absolute atomic E-state index is 4.87. The maximum Gasteiger partial charge on any atom is 0.0360 e. The number of hydrazine groups is 1. The summed E-state index contributed by atoms with van der Waals surface area (Å²) in [4.78, 5) is 0. The van der Waals surface area contributed by atoms with E-state index in [0.717, 1.165) is 12.1 Å². The number of rotatable bonds is 2. The molecule has 0 aromatic carbocycles. The summed E-state index contributed by atoms with van der Waals surface area (Å²) in [5.41, 5.74) is 3.22. The molecule has 0 spiro atoms. The van der Waals surface area contributed by atoms with Crippen LogP contribution >= 0.6 is 0 Å². The molecule has 3 heteroatoms. The second kappa shape index (κ2) is 3.61. The molecule has 0 amide bonds. The fourth-order valence-electron chi connectivity index (χ4n) is 0.189. The van der Waals surface area contributed by atoms with Gasteiger partial charge in [-0.1, -0.05) is 6.92 Å². The van der Waals surface area contributed by atoms with Crippen LogP contribution < -0.4 is 11.4 Å². The number of hydrogen-bond acceptors (Lipinski definition) is 3. The van der Waals surface area contributed by atoms with Crippen LogP contribution in [0.3, 0.4) is 0 Å². The van der Waals surface area contributed by atoms with E-state index in [9.17, 15) is 0 Å². The van der Waals surface area contributed by atoms with Crippen molar-refractivity contribution in [1.82, 2.24) is 5.53 Å². The predicted octanol–water partition coefficient (Wildman–Crippen LogP) is 0.236. The van der Waals surface area contributed by atoms with E-state index in [-0.39, 0.29) is 0 Å². The van der Waals surface area contributed by atoms with Crippen LogP contribution in [0.5, 0.6) is 0 Å². The molecule has 0 aliphatic carbocycles. The molecule has 0 saturated heterocycles. The maximum atomic E-state index is 4.87. The molecule has 42 valence electrons. The van der Waals surface area contributed by atoms with E-state index >= 15 is 0 Å². The fraction of sp³-hybridized carbons (Fsp3) is 0.750. The molecule has 0 radical (unpaired) electrons. The Bertz CT molecular complexity index is 67.3. The molecular weight excluding hydrogens is 90.1 g/mol. The first-order valence-corrected chi connectivity index (χ1v) is 2.30. The third kappa shape index (κ3) is 3.26. The van der Waals surface area contributed by atoms with Crippen molar-refractivity contribution in [3.8, 4) is 0 Å². The number of hydrazone groups is 1. The molecule has 0 aromatic heterocycles. The van der Waals surface area contributed by atoms with Crippen LogP contribution in [-0.4, -0.2) is 5.71 Å². The first kappa shape index (κ1) is 6.43. The SMILES string of the molecule is CC/C(C)=N/NN. The summed E-state index contributed by atoms with van der Waals surface area (Å²) in [6.07, 6.45) is 0.949. The second-order valence-corrected chi connectivity index (χ2v) is 1.33. The Morgan fingerprint density at radius 1 is 1.86 bits per heavy atom. The predicted molar refractivity (Wildman–Crippen MR) is 30.7 cm³/mol. The Labute approximate surface area is 43.6 Å². The van der Waals surface area contributed by atoms with Crippen molar-refractivity contribution in [1.29, 1.82) is 0 Å². The van der Waals surface area contributed by atoms with E-state index in [1.807, 2.05) is 13.8 Å². The largest absolute Gasteiger partial charge is 0.246 e. The lowest BCUT2D eigenvalue weighted by molar-refractivity contribution is 0.799. The van der Waals surface area contributed by atoms with E-state index in [4.69, 9.17) is 5.84 Å². The summed E-state index contributed by atoms with van der Waals surface area (Å²) in [7, 11) is 0. The summed E-state index contributed by atoms with van der Waals surface area (Å²) in [6.45, 7) is 3.94. The molecule has 0 rings (SSSR count). The lowest BCUT2D eigenvalue weighted by Crippen LogP contribution is -2.15. The van der Waals surface area contributed by atoms with Gasteiger partial charge in [-0.05, 0) is 13.3 Å². The van der Waals surface area contributed by atoms with Crippen LogP contribution in [0.1, 0.15) is 20.3 Å². The van der Waals surface area contributed by atoms with Gasteiger partial charge in [0.15, 0.2) is 0 Å². The molecule has 0 aromatic rings. The van der Waals surface area contributed by atoms with Crippen molar-refractivity contribution >= 4 is 5.71 Å². The van der Waals surface area contributed by atoms with Gasteiger partial charge >= 0.3 is 0 Å². The molecule has 0 saturated carbocycles. The minimum atomic E-state index is 0.949. The average molecular weight is 101 g/mol. The molecule has 0 bridgehead atoms. The van der Waals surface area contributed by atoms with E-state index in [1.165, 1.54) is 0 Å². The molecule has 0 aliphatic rings. The zero-order valence-electron chi connectivity index (χ0n) is 4.73. The number of nitrogens with two attached hydrogens (primary N) is 1. The summed E-state index contributed by atoms with van der Waals surface area (Å²) in [5, 5.41) is 3.69. The summed E-state index contributed by atoms with van der Waals surface area (Å²) < 4.78 is 0. The molecule has 3 nitrogen and oxygen atoms in total. The van der Waals surface area contributed by atoms with E-state index in [2.05, 4.69) is 10.6 Å². The van der Waals surface area contributed by atoms with E-state index < -0.39 is 0 Å². The topological polar surface area (TPSA) is 50.4 Å². The highest BCUT2D eigenvalue weighted by molar-refractivity contribution is 5.81. The Balaban J connectivity index is 3.29. The summed E-state index contributed by atoms with van der Waals surface area (Å²) in [6, 6.07) is 0. The van der Waals surface area contributed by atoms with Gasteiger partial charge in [0.05, 0.1) is 0 Å². The van der Waals surface area contributed by atoms with Gasteiger partial charge in [0.25, 0.3) is 0 Å². The number of nitrogens with zero attached hydrogens (tertiary/aromatic N) is 1. The van der Waals surface area contributed by atoms with Crippen molar-refractivity contribution in [2.24, 2.45) is 10.9 Å². The Morgan fingerprint density at radius 3 is 2.57 bits per heavy atom. The first-order valence-electron chi connectivity index (χ1n) is 2.30. The minimum Gasteiger partial charge on any atom is -0.246 e. The normalized spacial score (nSPS) is 11.6. The zero-order chi connectivity index (χ0) is 5.70. The van der Waals surface area contributed by atoms with E-state index in [0.29, 0.717) is 0 Å². The zero-order valence-corrected chi connectivity index (χ0v) is 4.73. The van der Waals surface area contributed by atoms with Crippen LogP contribution in [0.2, 0.25) is 0 Å². The smallest absolute Gasteiger partial charge is 0.0360 e. The Hall–Kier alpha value is -0.570. The van der Waals surface area contributed by atoms with Gasteiger partial charge in [-0.15, -0.1) is 0 Å². The van der Waals surface area contributed by atoms with Crippen molar-refractivity contribution in [2.75, 3.05) is 0 Å². The van der Waals surface area contributed by atoms with Gasteiger partial charge in [0.2, 0.25) is 0 Å². The van der Waals surface area contributed by atoms with Gasteiger partial charge in [-0.2, -0.15) is 5.10 Å². The number of hydrogen-bond donors (Lipinski definition) is 2. The lowest BCUT2D eigenvalue weighted by atomic mass is 10.3. The lowest BCUT2D eigenvalue weighted by Gasteiger charge is -1.90. The monoisotopic (exact) mass is 101 g/mol. The molecule has 0 atom stereocenters. The third-order valence-electron chi connectivity index (χ3n) is 0.767. The van der Waals surface area contributed by atoms with Crippen molar-refractivity contribution in [3.05, 3.63) is 0 Å². The molecule has 3 N–H and O–H groups in total. The molecule has 7 heavy (non-hydrogen) atoms. The minimum absolute atomic E-state index is 0.949. The van der Waals surface area contributed by atoms with Gasteiger partial charge in [-0.25, -0.2) is 11.4 Å². The molecule has 0 unspecified atom stereocenters. The Kier molecular flexibility index (Phi) is 3.32. The fourth-order valence-corrected chi connectivity index (χ4v) is 0.189. The van der Waals surface area contributed by atoms with Crippen LogP contribution in [0, 0.1) is 0 Å². The standard InChI is InChI=1S/C4H11N3/c1-3-4(2)6-7-5/h7H,3,5H2,1-2H3/b6-4+. The summed E-state index contributed by atoms with van der Waals surface area (Å²) in [5.74, 6) is 4.87. The first-order chi connectivity index (χ1) is 3.31. The van der Waals surface area contributed by atoms with Crippen LogP contribution in [0.15, 0.2) is 5.10 Å². The third-order valence-corrected chi connectivity index (χ3v) is 0.767. The number of nitrogens with one attached hydrogen (secondary N) is 1. The van der Waals surface area contributed by atoms with Crippen LogP contribution in [0.25, 0.3) is 0 Å². The highest BCUT2D eigenvalue weighted by Gasteiger charge is 1.78. The second-order valence-electron chi connectivity index (χ2n) is 1.33. The highest BCUT2D eigenvalue weighted by Crippen LogP contribution is 1.77. The molecule has 0 aliphatic heterocycles. The van der Waals surface area contributed by atoms with Gasteiger partial charge in [-0.3, -0.25) is 0 Å². The quantitative estimate of drug-likeness (QED) is 0.297. The molecule has 0 fully saturated rings. The Morgan fingerprint density at radius 2 is 2.43 bits per heavy atom. The van der Waals surface area contributed by atoms with Gasteiger partial charge in [0.1, 0.15) is 0 Å². The van der Waals surface area contributed by atoms with Crippen LogP contribution in [-0.2, 0) is 0 Å². The van der Waals surface area contributed by atoms with E-state index in [1.54, 1.807) is 0 Å². The van der Waals surface area contributed by atoms with Gasteiger partial charge < -0.3 is 0 Å². The molecule has 0 heterocycles. The molecular formula is C4H11N3. The average Bonchev–Trinajstić information content (AvgIpc) is 1.68. The van der Waals surface area contributed by atoms with Crippen LogP contribution in [0.4, 0.5) is 0 Å². The van der Waals surface area contributed by atoms with Crippen molar-refractivity contribution < 1.29 is 0 Å². The van der Waals surface area contributed by atoms with Crippen molar-refractivity contribution in [2.45, 2.75) is 20.3 Å². The highest BCUT2D eigenvalue weighted by atomic mass is 15.5. The van der Waals surface area contributed by atoms with Gasteiger partial charge in [0, 0.05) is 5.71 Å². The van der Waals surface area contributed by atoms with Crippen molar-refractivity contribution in [3.63, 3.8) is 0 Å². The summed E-state index contributed by atoms with van der Waals surface area (Å²) >= 11 is 0.